The van der Waals surface area contributed by atoms with E-state index in [0.717, 1.165) is 24.6 Å². The summed E-state index contributed by atoms with van der Waals surface area (Å²) in [7, 11) is 3.42. The molecule has 1 aliphatic heterocycles. The third kappa shape index (κ3) is 3.64. The van der Waals surface area contributed by atoms with Crippen LogP contribution in [0.4, 0.5) is 0 Å². The highest BCUT2D eigenvalue weighted by molar-refractivity contribution is 5.40. The molecule has 4 heteroatoms. The van der Waals surface area contributed by atoms with Crippen molar-refractivity contribution >= 4 is 0 Å². The Balaban J connectivity index is 1.85. The Morgan fingerprint density at radius 1 is 1.17 bits per heavy atom. The molecule has 1 unspecified atom stereocenters. The van der Waals surface area contributed by atoms with Crippen molar-refractivity contribution in [3.8, 4) is 11.5 Å². The Morgan fingerprint density at radius 3 is 2.83 bits per heavy atom. The van der Waals surface area contributed by atoms with E-state index >= 15 is 0 Å². The second-order valence-corrected chi connectivity index (χ2v) is 5.95. The van der Waals surface area contributed by atoms with Crippen LogP contribution in [0, 0.1) is 0 Å². The van der Waals surface area contributed by atoms with Crippen molar-refractivity contribution in [1.82, 2.24) is 9.88 Å². The first-order valence-corrected chi connectivity index (χ1v) is 8.16. The molecule has 0 N–H and O–H groups in total. The lowest BCUT2D eigenvalue weighted by Crippen LogP contribution is -2.33. The molecule has 0 saturated carbocycles. The number of ether oxygens (including phenoxy) is 2. The van der Waals surface area contributed by atoms with E-state index in [9.17, 15) is 0 Å². The molecule has 0 radical (unpaired) electrons. The fourth-order valence-electron chi connectivity index (χ4n) is 3.36. The van der Waals surface area contributed by atoms with Gasteiger partial charge in [-0.25, -0.2) is 0 Å². The van der Waals surface area contributed by atoms with Crippen molar-refractivity contribution in [1.29, 1.82) is 0 Å². The molecule has 0 bridgehead atoms. The quantitative estimate of drug-likeness (QED) is 0.840. The van der Waals surface area contributed by atoms with Crippen molar-refractivity contribution < 1.29 is 9.47 Å². The molecule has 122 valence electrons. The van der Waals surface area contributed by atoms with Gasteiger partial charge in [-0.15, -0.1) is 0 Å². The lowest BCUT2D eigenvalue weighted by atomic mass is 9.95. The van der Waals surface area contributed by atoms with E-state index < -0.39 is 0 Å². The van der Waals surface area contributed by atoms with Gasteiger partial charge >= 0.3 is 0 Å². The van der Waals surface area contributed by atoms with Crippen LogP contribution < -0.4 is 9.47 Å². The first-order valence-electron chi connectivity index (χ1n) is 8.16. The topological polar surface area (TPSA) is 34.6 Å². The Bertz CT molecular complexity index is 631. The van der Waals surface area contributed by atoms with E-state index in [0.29, 0.717) is 6.04 Å². The molecular weight excluding hydrogens is 288 g/mol. The van der Waals surface area contributed by atoms with E-state index in [1.807, 2.05) is 30.6 Å². The Kier molecular flexibility index (Phi) is 5.13. The summed E-state index contributed by atoms with van der Waals surface area (Å²) in [5.74, 6) is 1.79. The monoisotopic (exact) mass is 312 g/mol. The molecule has 2 aromatic rings. The number of piperidine rings is 1. The van der Waals surface area contributed by atoms with Crippen LogP contribution in [0.25, 0.3) is 0 Å². The molecule has 1 saturated heterocycles. The number of hydrogen-bond acceptors (Lipinski definition) is 4. The predicted octanol–water partition coefficient (Wildman–Crippen LogP) is 3.83. The van der Waals surface area contributed by atoms with Crippen LogP contribution >= 0.6 is 0 Å². The summed E-state index contributed by atoms with van der Waals surface area (Å²) in [6, 6.07) is 10.6. The lowest BCUT2D eigenvalue weighted by molar-refractivity contribution is 0.138. The van der Waals surface area contributed by atoms with E-state index in [-0.39, 0.29) is 0 Å². The van der Waals surface area contributed by atoms with Crippen LogP contribution in [0.5, 0.6) is 11.5 Å². The number of likely N-dealkylation sites (tertiary alicyclic amines) is 1. The number of pyridine rings is 1. The fraction of sp³-hybridized carbons (Fsp3) is 0.421. The van der Waals surface area contributed by atoms with Crippen LogP contribution in [0.2, 0.25) is 0 Å². The minimum absolute atomic E-state index is 0.424. The van der Waals surface area contributed by atoms with Gasteiger partial charge in [0.2, 0.25) is 0 Å². The largest absolute Gasteiger partial charge is 0.497 e. The van der Waals surface area contributed by atoms with E-state index in [2.05, 4.69) is 22.0 Å². The number of benzene rings is 1. The van der Waals surface area contributed by atoms with E-state index in [1.165, 1.54) is 30.4 Å². The van der Waals surface area contributed by atoms with Gasteiger partial charge in [-0.3, -0.25) is 9.88 Å². The summed E-state index contributed by atoms with van der Waals surface area (Å²) in [6.45, 7) is 1.96. The number of hydrogen-bond donors (Lipinski definition) is 0. The highest BCUT2D eigenvalue weighted by atomic mass is 16.5. The van der Waals surface area contributed by atoms with Gasteiger partial charge in [0.1, 0.15) is 11.5 Å². The SMILES string of the molecule is COc1ccc(OC)c(CN2CCCCC2c2cccnc2)c1. The highest BCUT2D eigenvalue weighted by Crippen LogP contribution is 2.34. The van der Waals surface area contributed by atoms with Crippen molar-refractivity contribution in [2.75, 3.05) is 20.8 Å². The summed E-state index contributed by atoms with van der Waals surface area (Å²) in [4.78, 5) is 6.82. The molecule has 0 spiro atoms. The Hall–Kier alpha value is -2.07. The highest BCUT2D eigenvalue weighted by Gasteiger charge is 2.25. The molecule has 1 aliphatic rings. The second kappa shape index (κ2) is 7.47. The maximum Gasteiger partial charge on any atom is 0.123 e. The smallest absolute Gasteiger partial charge is 0.123 e. The minimum atomic E-state index is 0.424. The van der Waals surface area contributed by atoms with Crippen LogP contribution in [0.15, 0.2) is 42.7 Å². The molecule has 1 fully saturated rings. The molecule has 1 aromatic carbocycles. The second-order valence-electron chi connectivity index (χ2n) is 5.95. The molecule has 2 heterocycles. The molecule has 0 aliphatic carbocycles. The number of methoxy groups -OCH3 is 2. The third-order valence-electron chi connectivity index (χ3n) is 4.54. The Morgan fingerprint density at radius 2 is 2.09 bits per heavy atom. The van der Waals surface area contributed by atoms with Gasteiger partial charge in [0.05, 0.1) is 14.2 Å². The lowest BCUT2D eigenvalue weighted by Gasteiger charge is -2.36. The average Bonchev–Trinajstić information content (AvgIpc) is 2.63. The van der Waals surface area contributed by atoms with E-state index in [4.69, 9.17) is 9.47 Å². The molecule has 4 nitrogen and oxygen atoms in total. The summed E-state index contributed by atoms with van der Waals surface area (Å²) < 4.78 is 10.9. The summed E-state index contributed by atoms with van der Waals surface area (Å²) in [5, 5.41) is 0. The van der Waals surface area contributed by atoms with E-state index in [1.54, 1.807) is 14.2 Å². The molecule has 3 rings (SSSR count). The van der Waals surface area contributed by atoms with Gasteiger partial charge in [0.15, 0.2) is 0 Å². The van der Waals surface area contributed by atoms with Crippen LogP contribution in [-0.2, 0) is 6.54 Å². The molecule has 1 atom stereocenters. The van der Waals surface area contributed by atoms with Crippen molar-refractivity contribution in [3.63, 3.8) is 0 Å². The summed E-state index contributed by atoms with van der Waals surface area (Å²) >= 11 is 0. The molecular formula is C19H24N2O2. The number of nitrogens with zero attached hydrogens (tertiary/aromatic N) is 2. The van der Waals surface area contributed by atoms with Crippen LogP contribution in [0.3, 0.4) is 0 Å². The molecule has 1 aromatic heterocycles. The maximum absolute atomic E-state index is 5.53. The van der Waals surface area contributed by atoms with Crippen molar-refractivity contribution in [2.45, 2.75) is 31.8 Å². The van der Waals surface area contributed by atoms with Gasteiger partial charge in [-0.2, -0.15) is 0 Å². The van der Waals surface area contributed by atoms with Gasteiger partial charge in [-0.1, -0.05) is 12.5 Å². The van der Waals surface area contributed by atoms with Crippen LogP contribution in [-0.4, -0.2) is 30.6 Å². The predicted molar refractivity (Wildman–Crippen MR) is 90.8 cm³/mol. The summed E-state index contributed by atoms with van der Waals surface area (Å²) in [5.41, 5.74) is 2.47. The number of aromatic nitrogens is 1. The average molecular weight is 312 g/mol. The van der Waals surface area contributed by atoms with Gasteiger partial charge in [0.25, 0.3) is 0 Å². The molecule has 0 amide bonds. The fourth-order valence-corrected chi connectivity index (χ4v) is 3.36. The minimum Gasteiger partial charge on any atom is -0.497 e. The zero-order valence-corrected chi connectivity index (χ0v) is 13.9. The first kappa shape index (κ1) is 15.8. The van der Waals surface area contributed by atoms with Crippen molar-refractivity contribution in [3.05, 3.63) is 53.9 Å². The standard InChI is InChI=1S/C19H24N2O2/c1-22-17-8-9-19(23-2)16(12-17)14-21-11-4-3-7-18(21)15-6-5-10-20-13-15/h5-6,8-10,12-13,18H,3-4,7,11,14H2,1-2H3. The molecule has 23 heavy (non-hydrogen) atoms. The van der Waals surface area contributed by atoms with Gasteiger partial charge < -0.3 is 9.47 Å². The zero-order valence-electron chi connectivity index (χ0n) is 13.9. The maximum atomic E-state index is 5.53. The van der Waals surface area contributed by atoms with Crippen LogP contribution in [0.1, 0.15) is 36.4 Å². The van der Waals surface area contributed by atoms with Crippen molar-refractivity contribution in [2.24, 2.45) is 0 Å². The third-order valence-corrected chi connectivity index (χ3v) is 4.54. The van der Waals surface area contributed by atoms with Gasteiger partial charge in [-0.05, 0) is 49.2 Å². The zero-order chi connectivity index (χ0) is 16.1. The Labute approximate surface area is 138 Å². The first-order chi connectivity index (χ1) is 11.3. The number of rotatable bonds is 5. The summed E-state index contributed by atoms with van der Waals surface area (Å²) in [6.07, 6.45) is 7.51. The van der Waals surface area contributed by atoms with Gasteiger partial charge in [0, 0.05) is 30.5 Å². The normalized spacial score (nSPS) is 18.6.